The normalized spacial score (nSPS) is 16.0. The van der Waals surface area contributed by atoms with E-state index in [1.807, 2.05) is 20.8 Å². The second kappa shape index (κ2) is 27.1. The number of carbonyl (C=O) groups is 9. The Labute approximate surface area is 359 Å². The van der Waals surface area contributed by atoms with Gasteiger partial charge in [0, 0.05) is 6.42 Å². The van der Waals surface area contributed by atoms with Crippen LogP contribution in [0, 0.1) is 17.8 Å². The van der Waals surface area contributed by atoms with Crippen molar-refractivity contribution in [1.82, 2.24) is 37.2 Å². The first-order valence-corrected chi connectivity index (χ1v) is 21.0. The number of hydrogen-bond acceptors (Lipinski definition) is 12. The predicted molar refractivity (Wildman–Crippen MR) is 226 cm³/mol. The molecule has 0 spiro atoms. The molecule has 0 saturated heterocycles. The van der Waals surface area contributed by atoms with Gasteiger partial charge in [-0.3, -0.25) is 43.2 Å². The molecule has 15 N–H and O–H groups in total. The Morgan fingerprint density at radius 3 is 1.51 bits per heavy atom. The van der Waals surface area contributed by atoms with Crippen molar-refractivity contribution in [1.29, 1.82) is 0 Å². The molecular weight excluding hydrogens is 796 g/mol. The van der Waals surface area contributed by atoms with Crippen LogP contribution in [0.5, 0.6) is 0 Å². The minimum Gasteiger partial charge on any atom is -0.481 e. The Morgan fingerprint density at radius 2 is 1.07 bits per heavy atom. The van der Waals surface area contributed by atoms with Gasteiger partial charge in [-0.1, -0.05) is 48.0 Å². The molecule has 0 aliphatic rings. The van der Waals surface area contributed by atoms with Gasteiger partial charge >= 0.3 is 5.97 Å². The van der Waals surface area contributed by atoms with Gasteiger partial charge in [0.2, 0.25) is 47.3 Å². The van der Waals surface area contributed by atoms with Gasteiger partial charge in [0.25, 0.3) is 0 Å². The molecule has 0 fully saturated rings. The molecule has 9 atom stereocenters. The Hall–Kier alpha value is -4.89. The summed E-state index contributed by atoms with van der Waals surface area (Å²) in [7, 11) is 0. The van der Waals surface area contributed by atoms with Crippen LogP contribution in [0.3, 0.4) is 0 Å². The summed E-state index contributed by atoms with van der Waals surface area (Å²) >= 11 is 0. The molecule has 0 radical (unpaired) electrons. The molecule has 0 saturated carbocycles. The molecular formula is C40H74N10O11. The lowest BCUT2D eigenvalue weighted by atomic mass is 9.96. The van der Waals surface area contributed by atoms with Gasteiger partial charge < -0.3 is 64.6 Å². The highest BCUT2D eigenvalue weighted by Gasteiger charge is 2.38. The van der Waals surface area contributed by atoms with E-state index in [9.17, 15) is 53.4 Å². The lowest BCUT2D eigenvalue weighted by molar-refractivity contribution is -0.139. The first-order chi connectivity index (χ1) is 28.2. The van der Waals surface area contributed by atoms with Crippen LogP contribution < -0.4 is 54.4 Å². The minimum absolute atomic E-state index is 0.0198. The summed E-state index contributed by atoms with van der Waals surface area (Å²) in [5, 5.41) is 37.5. The maximum absolute atomic E-state index is 13.9. The largest absolute Gasteiger partial charge is 0.481 e. The molecule has 0 rings (SSSR count). The van der Waals surface area contributed by atoms with E-state index >= 15 is 0 Å². The topological polar surface area (TPSA) is 356 Å². The molecule has 21 heteroatoms. The number of aliphatic carboxylic acids is 1. The third kappa shape index (κ3) is 21.0. The molecule has 0 aromatic carbocycles. The summed E-state index contributed by atoms with van der Waals surface area (Å²) in [6.07, 6.45) is -0.787. The van der Waals surface area contributed by atoms with Crippen molar-refractivity contribution in [2.75, 3.05) is 6.54 Å². The second-order valence-corrected chi connectivity index (χ2v) is 17.1. The number of unbranched alkanes of at least 4 members (excludes halogenated alkanes) is 1. The van der Waals surface area contributed by atoms with E-state index in [1.165, 1.54) is 27.7 Å². The molecule has 0 aromatic heterocycles. The maximum Gasteiger partial charge on any atom is 0.303 e. The van der Waals surface area contributed by atoms with Gasteiger partial charge in [-0.25, -0.2) is 0 Å². The predicted octanol–water partition coefficient (Wildman–Crippen LogP) is -1.86. The summed E-state index contributed by atoms with van der Waals surface area (Å²) in [4.78, 5) is 118. The zero-order chi connectivity index (χ0) is 47.4. The van der Waals surface area contributed by atoms with Crippen LogP contribution in [0.15, 0.2) is 0 Å². The van der Waals surface area contributed by atoms with Crippen LogP contribution in [0.25, 0.3) is 0 Å². The average molecular weight is 871 g/mol. The average Bonchev–Trinajstić information content (AvgIpc) is 3.14. The molecule has 61 heavy (non-hydrogen) atoms. The van der Waals surface area contributed by atoms with Crippen LogP contribution in [0.2, 0.25) is 0 Å². The van der Waals surface area contributed by atoms with Crippen LogP contribution >= 0.6 is 0 Å². The summed E-state index contributed by atoms with van der Waals surface area (Å²) in [5.41, 5.74) is 15.1. The van der Waals surface area contributed by atoms with Gasteiger partial charge in [-0.05, 0) is 90.5 Å². The number of nitrogens with two attached hydrogens (primary N) is 3. The molecule has 0 unspecified atom stereocenters. The van der Waals surface area contributed by atoms with Gasteiger partial charge in [-0.2, -0.15) is 0 Å². The molecule has 21 nitrogen and oxygen atoms in total. The molecule has 0 bridgehead atoms. The number of primary amides is 1. The van der Waals surface area contributed by atoms with Gasteiger partial charge in [-0.15, -0.1) is 0 Å². The fourth-order valence-electron chi connectivity index (χ4n) is 5.97. The molecule has 8 amide bonds. The van der Waals surface area contributed by atoms with Crippen molar-refractivity contribution in [3.05, 3.63) is 0 Å². The van der Waals surface area contributed by atoms with E-state index in [0.717, 1.165) is 0 Å². The Bertz CT molecular complexity index is 1510. The first kappa shape index (κ1) is 56.1. The number of carboxylic acids is 1. The Kier molecular flexibility index (Phi) is 25.0. The smallest absolute Gasteiger partial charge is 0.303 e. The number of rotatable bonds is 29. The number of carbonyl (C=O) groups excluding carboxylic acids is 8. The van der Waals surface area contributed by atoms with E-state index < -0.39 is 120 Å². The van der Waals surface area contributed by atoms with Gasteiger partial charge in [0.05, 0.1) is 12.1 Å². The van der Waals surface area contributed by atoms with E-state index in [-0.39, 0.29) is 43.6 Å². The molecule has 0 aliphatic carbocycles. The van der Waals surface area contributed by atoms with Crippen molar-refractivity contribution in [3.63, 3.8) is 0 Å². The number of hydrogen-bond donors (Lipinski definition) is 12. The highest BCUT2D eigenvalue weighted by molar-refractivity contribution is 5.98. The lowest BCUT2D eigenvalue weighted by Gasteiger charge is -2.31. The molecule has 350 valence electrons. The fourth-order valence-corrected chi connectivity index (χ4v) is 5.97. The molecule has 0 aliphatic heterocycles. The number of aliphatic hydroxyl groups is 1. The van der Waals surface area contributed by atoms with Gasteiger partial charge in [0.15, 0.2) is 0 Å². The Morgan fingerprint density at radius 1 is 0.607 bits per heavy atom. The van der Waals surface area contributed by atoms with Crippen LogP contribution in [-0.4, -0.2) is 124 Å². The van der Waals surface area contributed by atoms with Gasteiger partial charge in [0.1, 0.15) is 41.8 Å². The van der Waals surface area contributed by atoms with Crippen LogP contribution in [0.4, 0.5) is 0 Å². The highest BCUT2D eigenvalue weighted by atomic mass is 16.4. The summed E-state index contributed by atoms with van der Waals surface area (Å²) < 4.78 is 0. The maximum atomic E-state index is 13.9. The van der Waals surface area contributed by atoms with Crippen LogP contribution in [0.1, 0.15) is 121 Å². The van der Waals surface area contributed by atoms with Crippen molar-refractivity contribution in [3.8, 4) is 0 Å². The van der Waals surface area contributed by atoms with Crippen molar-refractivity contribution >= 4 is 53.2 Å². The third-order valence-corrected chi connectivity index (χ3v) is 9.83. The van der Waals surface area contributed by atoms with E-state index in [2.05, 4.69) is 37.2 Å². The third-order valence-electron chi connectivity index (χ3n) is 9.83. The van der Waals surface area contributed by atoms with E-state index in [4.69, 9.17) is 17.2 Å². The summed E-state index contributed by atoms with van der Waals surface area (Å²) in [6, 6.07) is -8.70. The zero-order valence-electron chi connectivity index (χ0n) is 37.5. The standard InChI is InChI=1S/C40H74N10O11/c1-11-22(6)30(32(43)54)48-36(58)28(19-21(4)5)47-39(61)40(9,10)50-37(59)26(15-16-29(52)53)45-34(56)25(14-12-13-17-41)44-35(57)27(18-20(2)3)46-38(60)31(24(8)51)49-33(55)23(7)42/h20-28,30-31,51H,11-19,41-42H2,1-10H3,(H2,43,54)(H,44,57)(H,45,56)(H,46,60)(H,47,61)(H,48,58)(H,49,55)(H,50,59)(H,52,53)/t22-,23-,24+,25-,26-,27-,28-,30-,31-/m0/s1. The zero-order valence-corrected chi connectivity index (χ0v) is 37.5. The Balaban J connectivity index is 6.46. The van der Waals surface area contributed by atoms with E-state index in [1.54, 1.807) is 20.8 Å². The first-order valence-electron chi connectivity index (χ1n) is 21.0. The summed E-state index contributed by atoms with van der Waals surface area (Å²) in [6.45, 7) is 16.4. The minimum atomic E-state index is -1.73. The molecule has 0 heterocycles. The highest BCUT2D eigenvalue weighted by Crippen LogP contribution is 2.14. The molecule has 0 aromatic rings. The lowest BCUT2D eigenvalue weighted by Crippen LogP contribution is -2.63. The van der Waals surface area contributed by atoms with Crippen molar-refractivity contribution in [2.45, 2.75) is 175 Å². The summed E-state index contributed by atoms with van der Waals surface area (Å²) in [5.74, 6) is -8.27. The van der Waals surface area contributed by atoms with E-state index in [0.29, 0.717) is 19.3 Å². The fraction of sp³-hybridized carbons (Fsp3) is 0.775. The number of amides is 8. The van der Waals surface area contributed by atoms with Crippen molar-refractivity contribution in [2.24, 2.45) is 35.0 Å². The number of nitrogens with one attached hydrogen (secondary N) is 7. The number of carboxylic acid groups (broad SMARTS) is 1. The second-order valence-electron chi connectivity index (χ2n) is 17.1. The SMILES string of the molecule is CC[C@H](C)[C@H](NC(=O)[C@H](CC(C)C)NC(=O)C(C)(C)NC(=O)[C@H](CCC(=O)O)NC(=O)[C@H](CCCCN)NC(=O)[C@H](CC(C)C)NC(=O)[C@@H](NC(=O)[C@H](C)N)[C@@H](C)O)C(N)=O. The van der Waals surface area contributed by atoms with Crippen molar-refractivity contribution < 1.29 is 53.4 Å². The van der Waals surface area contributed by atoms with Crippen LogP contribution in [-0.2, 0) is 43.2 Å². The number of aliphatic hydroxyl groups excluding tert-OH is 1. The monoisotopic (exact) mass is 871 g/mol. The quantitative estimate of drug-likeness (QED) is 0.0367.